The molecule has 1 atom stereocenters. The predicted octanol–water partition coefficient (Wildman–Crippen LogP) is 8.71. The highest BCUT2D eigenvalue weighted by atomic mass is 16.7. The highest BCUT2D eigenvalue weighted by Gasteiger charge is 2.25. The third-order valence-electron chi connectivity index (χ3n) is 8.07. The van der Waals surface area contributed by atoms with E-state index in [1.807, 2.05) is 72.8 Å². The van der Waals surface area contributed by atoms with Gasteiger partial charge in [0.25, 0.3) is 0 Å². The third-order valence-corrected chi connectivity index (χ3v) is 8.07. The van der Waals surface area contributed by atoms with Crippen LogP contribution in [0.1, 0.15) is 71.1 Å². The molecule has 0 aliphatic carbocycles. The molecule has 0 spiro atoms. The first kappa shape index (κ1) is 33.8. The van der Waals surface area contributed by atoms with Gasteiger partial charge in [-0.2, -0.15) is 0 Å². The molecule has 1 fully saturated rings. The van der Waals surface area contributed by atoms with E-state index in [0.717, 1.165) is 68.4 Å². The number of phenols is 1. The average Bonchev–Trinajstić information content (AvgIpc) is 3.12. The Balaban J connectivity index is 1.23. The first-order chi connectivity index (χ1) is 23.1. The molecule has 4 aromatic carbocycles. The first-order valence-electron chi connectivity index (χ1n) is 16.4. The van der Waals surface area contributed by atoms with Crippen molar-refractivity contribution in [1.82, 2.24) is 0 Å². The fourth-order valence-electron chi connectivity index (χ4n) is 5.45. The number of hydrogen-bond donors (Lipinski definition) is 1. The minimum Gasteiger partial charge on any atom is -0.504 e. The Kier molecular flexibility index (Phi) is 12.9. The number of methoxy groups -OCH3 is 1. The maximum absolute atomic E-state index is 13.6. The molecule has 0 aromatic heterocycles. The van der Waals surface area contributed by atoms with Crippen LogP contribution < -0.4 is 14.2 Å². The maximum Gasteiger partial charge on any atom is 0.204 e. The summed E-state index contributed by atoms with van der Waals surface area (Å²) in [5, 5.41) is 11.3. The highest BCUT2D eigenvalue weighted by molar-refractivity contribution is 6.11. The van der Waals surface area contributed by atoms with Crippen LogP contribution in [-0.2, 0) is 29.1 Å². The summed E-state index contributed by atoms with van der Waals surface area (Å²) in [5.74, 6) is -0.190. The van der Waals surface area contributed by atoms with Crippen LogP contribution in [0, 0.1) is 0 Å². The molecule has 0 bridgehead atoms. The Bertz CT molecular complexity index is 1560. The number of carbonyl (C=O) groups is 1. The Labute approximate surface area is 277 Å². The summed E-state index contributed by atoms with van der Waals surface area (Å²) in [6.45, 7) is 2.01. The second kappa shape index (κ2) is 17.9. The van der Waals surface area contributed by atoms with Gasteiger partial charge in [0.15, 0.2) is 23.6 Å². The second-order valence-electron chi connectivity index (χ2n) is 11.6. The molecule has 0 saturated carbocycles. The number of aryl methyl sites for hydroxylation is 1. The molecule has 1 aliphatic heterocycles. The first-order valence-corrected chi connectivity index (χ1v) is 16.4. The van der Waals surface area contributed by atoms with Crippen LogP contribution in [0.25, 0.3) is 6.08 Å². The summed E-state index contributed by atoms with van der Waals surface area (Å²) in [5.41, 5.74) is 4.01. The zero-order chi connectivity index (χ0) is 32.7. The zero-order valence-corrected chi connectivity index (χ0v) is 27.1. The molecule has 246 valence electrons. The van der Waals surface area contributed by atoms with Gasteiger partial charge in [0.1, 0.15) is 24.5 Å². The standard InChI is InChI=1S/C40H44O7/c1-43-40-36(47-29-33-16-7-3-8-17-33)27-35(46-28-32-14-5-2-6-15-32)38(39(40)42)34(41)24-23-31-21-19-30(20-22-31)13-9-4-11-25-44-37-18-10-12-26-45-37/h2-3,5-8,14-17,19-24,27,37,42H,4,9-13,18,25-26,28-29H2,1H3/b24-23+. The molecule has 1 heterocycles. The van der Waals surface area contributed by atoms with Crippen molar-refractivity contribution in [2.45, 2.75) is 64.4 Å². The van der Waals surface area contributed by atoms with E-state index >= 15 is 0 Å². The predicted molar refractivity (Wildman–Crippen MR) is 183 cm³/mol. The smallest absolute Gasteiger partial charge is 0.204 e. The van der Waals surface area contributed by atoms with Gasteiger partial charge < -0.3 is 28.8 Å². The minimum absolute atomic E-state index is 0.0109. The molecule has 0 amide bonds. The lowest BCUT2D eigenvalue weighted by Gasteiger charge is -2.22. The van der Waals surface area contributed by atoms with Gasteiger partial charge in [0.2, 0.25) is 5.75 Å². The molecule has 1 N–H and O–H groups in total. The monoisotopic (exact) mass is 636 g/mol. The summed E-state index contributed by atoms with van der Waals surface area (Å²) in [7, 11) is 1.43. The maximum atomic E-state index is 13.6. The molecule has 4 aromatic rings. The van der Waals surface area contributed by atoms with Crippen LogP contribution in [0.2, 0.25) is 0 Å². The van der Waals surface area contributed by atoms with Gasteiger partial charge in [-0.1, -0.05) is 97.4 Å². The molecule has 7 heteroatoms. The lowest BCUT2D eigenvalue weighted by atomic mass is 10.0. The number of ether oxygens (including phenoxy) is 5. The van der Waals surface area contributed by atoms with Crippen LogP contribution in [0.4, 0.5) is 0 Å². The van der Waals surface area contributed by atoms with E-state index in [9.17, 15) is 9.90 Å². The summed E-state index contributed by atoms with van der Waals surface area (Å²) < 4.78 is 29.1. The van der Waals surface area contributed by atoms with Gasteiger partial charge in [-0.25, -0.2) is 0 Å². The number of allylic oxidation sites excluding steroid dienone is 1. The molecule has 0 radical (unpaired) electrons. The number of carbonyl (C=O) groups excluding carboxylic acids is 1. The van der Waals surface area contributed by atoms with Crippen LogP contribution in [0.3, 0.4) is 0 Å². The van der Waals surface area contributed by atoms with Crippen molar-refractivity contribution in [3.63, 3.8) is 0 Å². The minimum atomic E-state index is -0.414. The van der Waals surface area contributed by atoms with Crippen LogP contribution in [0.15, 0.2) is 97.1 Å². The van der Waals surface area contributed by atoms with E-state index in [-0.39, 0.29) is 48.1 Å². The van der Waals surface area contributed by atoms with Crippen molar-refractivity contribution in [1.29, 1.82) is 0 Å². The van der Waals surface area contributed by atoms with E-state index in [1.54, 1.807) is 12.1 Å². The topological polar surface area (TPSA) is 83.5 Å². The largest absolute Gasteiger partial charge is 0.504 e. The average molecular weight is 637 g/mol. The fraction of sp³-hybridized carbons (Fsp3) is 0.325. The van der Waals surface area contributed by atoms with Crippen LogP contribution >= 0.6 is 0 Å². The Morgan fingerprint density at radius 2 is 1.51 bits per heavy atom. The summed E-state index contributed by atoms with van der Waals surface area (Å²) in [6, 6.07) is 29.1. The molecule has 5 rings (SSSR count). The number of unbranched alkanes of at least 4 members (excludes halogenated alkanes) is 2. The number of ketones is 1. The van der Waals surface area contributed by atoms with E-state index in [0.29, 0.717) is 0 Å². The Morgan fingerprint density at radius 1 is 0.830 bits per heavy atom. The Hall–Kier alpha value is -4.59. The van der Waals surface area contributed by atoms with E-state index < -0.39 is 5.78 Å². The van der Waals surface area contributed by atoms with Crippen molar-refractivity contribution in [2.24, 2.45) is 0 Å². The third kappa shape index (κ3) is 10.2. The van der Waals surface area contributed by atoms with Gasteiger partial charge in [-0.05, 0) is 66.9 Å². The molecular weight excluding hydrogens is 592 g/mol. The van der Waals surface area contributed by atoms with Crippen molar-refractivity contribution >= 4 is 11.9 Å². The number of hydrogen-bond acceptors (Lipinski definition) is 7. The lowest BCUT2D eigenvalue weighted by molar-refractivity contribution is -0.162. The molecule has 1 aliphatic rings. The number of aromatic hydroxyl groups is 1. The normalized spacial score (nSPS) is 14.6. The Morgan fingerprint density at radius 3 is 2.15 bits per heavy atom. The van der Waals surface area contributed by atoms with Gasteiger partial charge >= 0.3 is 0 Å². The van der Waals surface area contributed by atoms with Crippen molar-refractivity contribution in [3.8, 4) is 23.0 Å². The van der Waals surface area contributed by atoms with Gasteiger partial charge in [-0.3, -0.25) is 4.79 Å². The van der Waals surface area contributed by atoms with Gasteiger partial charge in [0, 0.05) is 19.3 Å². The van der Waals surface area contributed by atoms with Gasteiger partial charge in [0.05, 0.1) is 7.11 Å². The summed E-state index contributed by atoms with van der Waals surface area (Å²) >= 11 is 0. The lowest BCUT2D eigenvalue weighted by Crippen LogP contribution is -2.22. The molecule has 1 saturated heterocycles. The molecule has 7 nitrogen and oxygen atoms in total. The van der Waals surface area contributed by atoms with Crippen LogP contribution in [-0.4, -0.2) is 37.5 Å². The van der Waals surface area contributed by atoms with E-state index in [4.69, 9.17) is 23.7 Å². The van der Waals surface area contributed by atoms with Crippen molar-refractivity contribution in [3.05, 3.63) is 125 Å². The number of phenolic OH excluding ortho intramolecular Hbond substituents is 1. The molecular formula is C40H44O7. The SMILES string of the molecule is COc1c(OCc2ccccc2)cc(OCc2ccccc2)c(C(=O)/C=C/c2ccc(CCCCCOC3CCCCO3)cc2)c1O. The summed E-state index contributed by atoms with van der Waals surface area (Å²) in [4.78, 5) is 13.6. The summed E-state index contributed by atoms with van der Waals surface area (Å²) in [6.07, 6.45) is 10.7. The number of benzene rings is 4. The van der Waals surface area contributed by atoms with E-state index in [2.05, 4.69) is 12.1 Å². The number of rotatable bonds is 17. The zero-order valence-electron chi connectivity index (χ0n) is 27.1. The molecule has 47 heavy (non-hydrogen) atoms. The van der Waals surface area contributed by atoms with Gasteiger partial charge in [-0.15, -0.1) is 0 Å². The second-order valence-corrected chi connectivity index (χ2v) is 11.6. The van der Waals surface area contributed by atoms with Crippen LogP contribution in [0.5, 0.6) is 23.0 Å². The quantitative estimate of drug-likeness (QED) is 0.0705. The fourth-order valence-corrected chi connectivity index (χ4v) is 5.45. The van der Waals surface area contributed by atoms with Crippen molar-refractivity contribution in [2.75, 3.05) is 20.3 Å². The van der Waals surface area contributed by atoms with Crippen molar-refractivity contribution < 1.29 is 33.6 Å². The highest BCUT2D eigenvalue weighted by Crippen LogP contribution is 2.45. The molecule has 1 unspecified atom stereocenters. The van der Waals surface area contributed by atoms with E-state index in [1.165, 1.54) is 25.2 Å².